The van der Waals surface area contributed by atoms with Crippen LogP contribution in [0.2, 0.25) is 0 Å². The van der Waals surface area contributed by atoms with Crippen LogP contribution in [-0.4, -0.2) is 11.9 Å². The van der Waals surface area contributed by atoms with Crippen LogP contribution in [0.5, 0.6) is 0 Å². The summed E-state index contributed by atoms with van der Waals surface area (Å²) < 4.78 is 0. The highest BCUT2D eigenvalue weighted by atomic mass is 16.2. The van der Waals surface area contributed by atoms with Crippen LogP contribution in [0.15, 0.2) is 18.2 Å². The normalized spacial score (nSPS) is 35.1. The van der Waals surface area contributed by atoms with E-state index in [1.54, 1.807) is 0 Å². The summed E-state index contributed by atoms with van der Waals surface area (Å²) in [6.45, 7) is 2.14. The van der Waals surface area contributed by atoms with Crippen molar-refractivity contribution in [3.8, 4) is 0 Å². The zero-order valence-corrected chi connectivity index (χ0v) is 11.3. The molecule has 1 aromatic carbocycles. The van der Waals surface area contributed by atoms with Gasteiger partial charge in [0, 0.05) is 23.3 Å². The Balaban J connectivity index is 1.62. The number of anilines is 2. The monoisotopic (exact) mass is 256 g/mol. The summed E-state index contributed by atoms with van der Waals surface area (Å²) in [6.07, 6.45) is 4.55. The highest BCUT2D eigenvalue weighted by molar-refractivity contribution is 5.98. The van der Waals surface area contributed by atoms with Gasteiger partial charge in [-0.1, -0.05) is 0 Å². The van der Waals surface area contributed by atoms with Crippen LogP contribution in [-0.2, 0) is 11.2 Å². The van der Waals surface area contributed by atoms with Gasteiger partial charge in [-0.15, -0.1) is 0 Å². The van der Waals surface area contributed by atoms with E-state index < -0.39 is 0 Å². The Morgan fingerprint density at radius 1 is 1.26 bits per heavy atom. The number of fused-ring (bicyclic) bond motifs is 2. The maximum atomic E-state index is 12.8. The minimum Gasteiger partial charge on any atom is -0.399 e. The van der Waals surface area contributed by atoms with Gasteiger partial charge in [0.05, 0.1) is 0 Å². The highest BCUT2D eigenvalue weighted by Gasteiger charge is 2.49. The second kappa shape index (κ2) is 3.75. The Morgan fingerprint density at radius 3 is 2.74 bits per heavy atom. The fourth-order valence-electron chi connectivity index (χ4n) is 4.10. The molecule has 19 heavy (non-hydrogen) atoms. The lowest BCUT2D eigenvalue weighted by Crippen LogP contribution is -2.39. The average molecular weight is 256 g/mol. The molecule has 100 valence electrons. The van der Waals surface area contributed by atoms with Crippen LogP contribution in [0, 0.1) is 17.8 Å². The van der Waals surface area contributed by atoms with Crippen molar-refractivity contribution in [2.24, 2.45) is 17.8 Å². The molecule has 3 nitrogen and oxygen atoms in total. The summed E-state index contributed by atoms with van der Waals surface area (Å²) in [6, 6.07) is 6.22. The third-order valence-electron chi connectivity index (χ3n) is 5.15. The molecule has 0 aromatic heterocycles. The van der Waals surface area contributed by atoms with Crippen molar-refractivity contribution in [3.05, 3.63) is 23.8 Å². The fourth-order valence-corrected chi connectivity index (χ4v) is 4.10. The van der Waals surface area contributed by atoms with Crippen molar-refractivity contribution in [1.29, 1.82) is 0 Å². The van der Waals surface area contributed by atoms with Gasteiger partial charge >= 0.3 is 0 Å². The van der Waals surface area contributed by atoms with Gasteiger partial charge in [0.15, 0.2) is 0 Å². The Bertz CT molecular complexity index is 544. The molecule has 0 bridgehead atoms. The van der Waals surface area contributed by atoms with Gasteiger partial charge in [-0.25, -0.2) is 0 Å². The van der Waals surface area contributed by atoms with Crippen LogP contribution >= 0.6 is 0 Å². The summed E-state index contributed by atoms with van der Waals surface area (Å²) in [5, 5.41) is 0. The van der Waals surface area contributed by atoms with E-state index in [4.69, 9.17) is 5.73 Å². The number of carbonyl (C=O) groups excluding carboxylic acids is 1. The molecule has 4 rings (SSSR count). The number of hydrogen-bond acceptors (Lipinski definition) is 2. The van der Waals surface area contributed by atoms with E-state index in [1.807, 2.05) is 23.1 Å². The number of nitrogens with zero attached hydrogens (tertiary/aromatic N) is 1. The van der Waals surface area contributed by atoms with E-state index in [9.17, 15) is 4.79 Å². The number of nitrogens with two attached hydrogens (primary N) is 1. The van der Waals surface area contributed by atoms with E-state index in [1.165, 1.54) is 12.0 Å². The van der Waals surface area contributed by atoms with Gasteiger partial charge in [-0.3, -0.25) is 4.79 Å². The Morgan fingerprint density at radius 2 is 2.00 bits per heavy atom. The van der Waals surface area contributed by atoms with Crippen molar-refractivity contribution in [2.45, 2.75) is 38.6 Å². The van der Waals surface area contributed by atoms with Crippen LogP contribution in [0.1, 0.15) is 31.7 Å². The Labute approximate surface area is 113 Å². The molecule has 2 aliphatic carbocycles. The molecular weight excluding hydrogens is 236 g/mol. The maximum Gasteiger partial charge on any atom is 0.230 e. The molecule has 3 unspecified atom stereocenters. The standard InChI is InChI=1S/C16H20N2O/c1-9-4-12-8-14(17)2-3-15(12)18(9)16(19)13-6-10-5-11(10)7-13/h2-3,8-11,13H,4-7,17H2,1H3. The molecule has 1 aliphatic heterocycles. The molecule has 1 heterocycles. The average Bonchev–Trinajstić information content (AvgIpc) is 2.84. The van der Waals surface area contributed by atoms with Crippen LogP contribution < -0.4 is 10.6 Å². The number of hydrogen-bond donors (Lipinski definition) is 1. The summed E-state index contributed by atoms with van der Waals surface area (Å²) in [7, 11) is 0. The quantitative estimate of drug-likeness (QED) is 0.785. The largest absolute Gasteiger partial charge is 0.399 e. The lowest BCUT2D eigenvalue weighted by Gasteiger charge is -2.26. The van der Waals surface area contributed by atoms with E-state index in [0.717, 1.165) is 42.5 Å². The molecule has 3 aliphatic rings. The van der Waals surface area contributed by atoms with Crippen molar-refractivity contribution in [1.82, 2.24) is 0 Å². The molecule has 2 fully saturated rings. The molecule has 2 N–H and O–H groups in total. The first kappa shape index (κ1) is 11.3. The van der Waals surface area contributed by atoms with Crippen molar-refractivity contribution in [3.63, 3.8) is 0 Å². The van der Waals surface area contributed by atoms with E-state index in [2.05, 4.69) is 6.92 Å². The minimum atomic E-state index is 0.273. The van der Waals surface area contributed by atoms with Gasteiger partial charge in [-0.05, 0) is 68.2 Å². The van der Waals surface area contributed by atoms with E-state index in [0.29, 0.717) is 5.91 Å². The van der Waals surface area contributed by atoms with E-state index >= 15 is 0 Å². The molecule has 3 heteroatoms. The lowest BCUT2D eigenvalue weighted by molar-refractivity contribution is -0.122. The minimum absolute atomic E-state index is 0.273. The third-order valence-corrected chi connectivity index (χ3v) is 5.15. The first-order chi connectivity index (χ1) is 9.13. The van der Waals surface area contributed by atoms with Crippen LogP contribution in [0.3, 0.4) is 0 Å². The Hall–Kier alpha value is -1.51. The van der Waals surface area contributed by atoms with Gasteiger partial charge in [0.25, 0.3) is 0 Å². The first-order valence-electron chi connectivity index (χ1n) is 7.35. The molecule has 3 atom stereocenters. The number of carbonyl (C=O) groups is 1. The summed E-state index contributed by atoms with van der Waals surface area (Å²) in [5.74, 6) is 2.34. The highest BCUT2D eigenvalue weighted by Crippen LogP contribution is 2.55. The Kier molecular flexibility index (Phi) is 2.23. The smallest absolute Gasteiger partial charge is 0.230 e. The van der Waals surface area contributed by atoms with Crippen molar-refractivity contribution >= 4 is 17.3 Å². The molecule has 0 saturated heterocycles. The van der Waals surface area contributed by atoms with Gasteiger partial charge in [0.1, 0.15) is 0 Å². The fraction of sp³-hybridized carbons (Fsp3) is 0.562. The van der Waals surface area contributed by atoms with Crippen molar-refractivity contribution < 1.29 is 4.79 Å². The zero-order chi connectivity index (χ0) is 13.1. The summed E-state index contributed by atoms with van der Waals surface area (Å²) in [5.41, 5.74) is 8.95. The molecule has 0 spiro atoms. The van der Waals surface area contributed by atoms with Gasteiger partial charge in [0.2, 0.25) is 5.91 Å². The molecular formula is C16H20N2O. The number of amides is 1. The van der Waals surface area contributed by atoms with Crippen molar-refractivity contribution in [2.75, 3.05) is 10.6 Å². The summed E-state index contributed by atoms with van der Waals surface area (Å²) in [4.78, 5) is 14.8. The zero-order valence-electron chi connectivity index (χ0n) is 11.3. The molecule has 1 aromatic rings. The predicted molar refractivity (Wildman–Crippen MR) is 75.8 cm³/mol. The molecule has 0 radical (unpaired) electrons. The van der Waals surface area contributed by atoms with E-state index in [-0.39, 0.29) is 12.0 Å². The third kappa shape index (κ3) is 1.67. The SMILES string of the molecule is CC1Cc2cc(N)ccc2N1C(=O)C1CC2CC2C1. The van der Waals surface area contributed by atoms with Crippen LogP contribution in [0.25, 0.3) is 0 Å². The summed E-state index contributed by atoms with van der Waals surface area (Å²) >= 11 is 0. The number of nitrogen functional groups attached to an aromatic ring is 1. The lowest BCUT2D eigenvalue weighted by atomic mass is 10.0. The van der Waals surface area contributed by atoms with Gasteiger partial charge < -0.3 is 10.6 Å². The molecule has 1 amide bonds. The first-order valence-corrected chi connectivity index (χ1v) is 7.35. The predicted octanol–water partition coefficient (Wildman–Crippen LogP) is 2.59. The number of rotatable bonds is 1. The van der Waals surface area contributed by atoms with Gasteiger partial charge in [-0.2, -0.15) is 0 Å². The maximum absolute atomic E-state index is 12.8. The molecule has 2 saturated carbocycles. The topological polar surface area (TPSA) is 46.3 Å². The second-order valence-electron chi connectivity index (χ2n) is 6.57. The number of benzene rings is 1. The van der Waals surface area contributed by atoms with Crippen LogP contribution in [0.4, 0.5) is 11.4 Å². The second-order valence-corrected chi connectivity index (χ2v) is 6.57.